The van der Waals surface area contributed by atoms with Crippen molar-refractivity contribution in [3.05, 3.63) is 18.7 Å². The van der Waals surface area contributed by atoms with E-state index in [1.54, 1.807) is 17.4 Å². The monoisotopic (exact) mass is 379 g/mol. The van der Waals surface area contributed by atoms with Gasteiger partial charge in [0, 0.05) is 44.6 Å². The predicted molar refractivity (Wildman–Crippen MR) is 94.3 cm³/mol. The zero-order chi connectivity index (χ0) is 19.4. The first-order valence-corrected chi connectivity index (χ1v) is 9.21. The van der Waals surface area contributed by atoms with Crippen molar-refractivity contribution in [2.24, 2.45) is 0 Å². The highest BCUT2D eigenvalue weighted by atomic mass is 16.4. The van der Waals surface area contributed by atoms with Crippen molar-refractivity contribution in [2.75, 3.05) is 26.2 Å². The van der Waals surface area contributed by atoms with E-state index in [9.17, 15) is 24.6 Å². The molecule has 0 aliphatic carbocycles. The Morgan fingerprint density at radius 1 is 1.04 bits per heavy atom. The molecule has 0 saturated carbocycles. The fourth-order valence-corrected chi connectivity index (χ4v) is 3.90. The largest absolute Gasteiger partial charge is 0.465 e. The number of piperidine rings is 1. The van der Waals surface area contributed by atoms with Crippen LogP contribution in [0.3, 0.4) is 0 Å². The lowest BCUT2D eigenvalue weighted by atomic mass is 9.97. The SMILES string of the molecule is O=C(O)N1CCN(C(=O)O)[C@@H](C(=O)N2CCCCC2CCn2ccnc2)C1. The summed E-state index contributed by atoms with van der Waals surface area (Å²) in [6, 6.07) is -0.967. The lowest BCUT2D eigenvalue weighted by molar-refractivity contribution is -0.142. The second kappa shape index (κ2) is 8.28. The Labute approximate surface area is 157 Å². The van der Waals surface area contributed by atoms with Gasteiger partial charge in [0.1, 0.15) is 6.04 Å². The standard InChI is InChI=1S/C17H25N5O5/c23-15(14-11-20(16(24)25)9-10-22(14)17(26)27)21-6-2-1-3-13(21)4-7-19-8-5-18-12-19/h5,8,12-14H,1-4,6-7,9-11H2,(H,24,25)(H,26,27)/t13?,14-/m1/s1. The van der Waals surface area contributed by atoms with Crippen LogP contribution in [-0.4, -0.2) is 90.8 Å². The van der Waals surface area contributed by atoms with E-state index in [2.05, 4.69) is 4.98 Å². The molecule has 1 aromatic heterocycles. The van der Waals surface area contributed by atoms with Crippen molar-refractivity contribution in [3.63, 3.8) is 0 Å². The molecule has 0 aromatic carbocycles. The number of nitrogens with zero attached hydrogens (tertiary/aromatic N) is 5. The molecule has 2 aliphatic rings. The zero-order valence-electron chi connectivity index (χ0n) is 15.1. The summed E-state index contributed by atoms with van der Waals surface area (Å²) in [6.45, 7) is 1.26. The van der Waals surface area contributed by atoms with Gasteiger partial charge in [-0.1, -0.05) is 0 Å². The highest BCUT2D eigenvalue weighted by molar-refractivity contribution is 5.87. The lowest BCUT2D eigenvalue weighted by Crippen LogP contribution is -2.63. The molecule has 3 rings (SSSR count). The number of carbonyl (C=O) groups excluding carboxylic acids is 1. The van der Waals surface area contributed by atoms with Crippen LogP contribution in [0.15, 0.2) is 18.7 Å². The molecule has 0 radical (unpaired) electrons. The van der Waals surface area contributed by atoms with Crippen LogP contribution in [-0.2, 0) is 11.3 Å². The molecule has 2 N–H and O–H groups in total. The molecule has 3 amide bonds. The second-order valence-corrected chi connectivity index (χ2v) is 6.99. The summed E-state index contributed by atoms with van der Waals surface area (Å²) in [5, 5.41) is 18.7. The molecular weight excluding hydrogens is 354 g/mol. The van der Waals surface area contributed by atoms with Gasteiger partial charge in [0.15, 0.2) is 0 Å². The molecule has 2 fully saturated rings. The van der Waals surface area contributed by atoms with Gasteiger partial charge < -0.3 is 24.6 Å². The van der Waals surface area contributed by atoms with E-state index in [1.807, 2.05) is 10.8 Å². The van der Waals surface area contributed by atoms with Gasteiger partial charge in [-0.25, -0.2) is 14.6 Å². The lowest BCUT2D eigenvalue weighted by Gasteiger charge is -2.43. The average Bonchev–Trinajstić information content (AvgIpc) is 3.19. The second-order valence-electron chi connectivity index (χ2n) is 6.99. The number of rotatable bonds is 4. The Kier molecular flexibility index (Phi) is 5.82. The van der Waals surface area contributed by atoms with E-state index < -0.39 is 18.2 Å². The number of hydrogen-bond acceptors (Lipinski definition) is 4. The number of imidazole rings is 1. The summed E-state index contributed by atoms with van der Waals surface area (Å²) in [5.74, 6) is -0.293. The molecule has 10 nitrogen and oxygen atoms in total. The molecule has 148 valence electrons. The van der Waals surface area contributed by atoms with E-state index in [4.69, 9.17) is 0 Å². The molecule has 1 aromatic rings. The number of piperazine rings is 1. The summed E-state index contributed by atoms with van der Waals surface area (Å²) in [4.78, 5) is 44.0. The number of hydrogen-bond donors (Lipinski definition) is 2. The Balaban J connectivity index is 1.72. The van der Waals surface area contributed by atoms with Crippen LogP contribution in [0.1, 0.15) is 25.7 Å². The van der Waals surface area contributed by atoms with Crippen LogP contribution in [0.2, 0.25) is 0 Å². The third-order valence-corrected chi connectivity index (χ3v) is 5.37. The number of aromatic nitrogens is 2. The minimum Gasteiger partial charge on any atom is -0.465 e. The smallest absolute Gasteiger partial charge is 0.408 e. The number of amides is 3. The first-order chi connectivity index (χ1) is 13.0. The Bertz CT molecular complexity index is 679. The van der Waals surface area contributed by atoms with Gasteiger partial charge >= 0.3 is 12.2 Å². The van der Waals surface area contributed by atoms with Gasteiger partial charge in [-0.2, -0.15) is 0 Å². The fraction of sp³-hybridized carbons (Fsp3) is 0.647. The van der Waals surface area contributed by atoms with Gasteiger partial charge in [0.05, 0.1) is 12.9 Å². The maximum atomic E-state index is 13.2. The zero-order valence-corrected chi connectivity index (χ0v) is 15.1. The molecule has 3 heterocycles. The number of carboxylic acid groups (broad SMARTS) is 2. The van der Waals surface area contributed by atoms with Crippen LogP contribution >= 0.6 is 0 Å². The van der Waals surface area contributed by atoms with E-state index in [0.717, 1.165) is 42.0 Å². The summed E-state index contributed by atoms with van der Waals surface area (Å²) in [7, 11) is 0. The van der Waals surface area contributed by atoms with Gasteiger partial charge in [-0.15, -0.1) is 0 Å². The van der Waals surface area contributed by atoms with Crippen molar-refractivity contribution in [1.82, 2.24) is 24.3 Å². The van der Waals surface area contributed by atoms with Gasteiger partial charge in [-0.05, 0) is 25.7 Å². The first kappa shape index (κ1) is 19.0. The Morgan fingerprint density at radius 2 is 1.85 bits per heavy atom. The average molecular weight is 379 g/mol. The minimum atomic E-state index is -1.19. The quantitative estimate of drug-likeness (QED) is 0.805. The Hall–Kier alpha value is -2.78. The van der Waals surface area contributed by atoms with E-state index in [1.165, 1.54) is 0 Å². The molecule has 0 bridgehead atoms. The normalized spacial score (nSPS) is 23.3. The van der Waals surface area contributed by atoms with Gasteiger partial charge in [-0.3, -0.25) is 9.69 Å². The van der Waals surface area contributed by atoms with Gasteiger partial charge in [0.25, 0.3) is 0 Å². The molecule has 0 spiro atoms. The Morgan fingerprint density at radius 3 is 2.52 bits per heavy atom. The first-order valence-electron chi connectivity index (χ1n) is 9.21. The summed E-state index contributed by atoms with van der Waals surface area (Å²) < 4.78 is 1.95. The molecule has 27 heavy (non-hydrogen) atoms. The molecule has 2 saturated heterocycles. The topological polar surface area (TPSA) is 119 Å². The van der Waals surface area contributed by atoms with E-state index >= 15 is 0 Å². The van der Waals surface area contributed by atoms with Crippen LogP contribution in [0.4, 0.5) is 9.59 Å². The van der Waals surface area contributed by atoms with Crippen LogP contribution in [0, 0.1) is 0 Å². The highest BCUT2D eigenvalue weighted by Crippen LogP contribution is 2.23. The van der Waals surface area contributed by atoms with Crippen molar-refractivity contribution in [1.29, 1.82) is 0 Å². The maximum absolute atomic E-state index is 13.2. The van der Waals surface area contributed by atoms with Crippen molar-refractivity contribution < 1.29 is 24.6 Å². The minimum absolute atomic E-state index is 0.00554. The van der Waals surface area contributed by atoms with Crippen LogP contribution in [0.5, 0.6) is 0 Å². The molecule has 1 unspecified atom stereocenters. The van der Waals surface area contributed by atoms with Crippen LogP contribution in [0.25, 0.3) is 0 Å². The van der Waals surface area contributed by atoms with Crippen molar-refractivity contribution >= 4 is 18.1 Å². The molecule has 2 aliphatic heterocycles. The molecule has 10 heteroatoms. The van der Waals surface area contributed by atoms with Gasteiger partial charge in [0.2, 0.25) is 5.91 Å². The van der Waals surface area contributed by atoms with Crippen molar-refractivity contribution in [3.8, 4) is 0 Å². The van der Waals surface area contributed by atoms with Crippen molar-refractivity contribution in [2.45, 2.75) is 44.3 Å². The molecular formula is C17H25N5O5. The maximum Gasteiger partial charge on any atom is 0.408 e. The number of carbonyl (C=O) groups is 3. The summed E-state index contributed by atoms with van der Waals surface area (Å²) in [6.07, 6.45) is 6.49. The fourth-order valence-electron chi connectivity index (χ4n) is 3.90. The van der Waals surface area contributed by atoms with E-state index in [0.29, 0.717) is 6.54 Å². The number of likely N-dealkylation sites (tertiary alicyclic amines) is 1. The summed E-state index contributed by atoms with van der Waals surface area (Å²) >= 11 is 0. The number of aryl methyl sites for hydroxylation is 1. The third kappa shape index (κ3) is 4.32. The highest BCUT2D eigenvalue weighted by Gasteiger charge is 2.41. The van der Waals surface area contributed by atoms with Crippen LogP contribution < -0.4 is 0 Å². The predicted octanol–water partition coefficient (Wildman–Crippen LogP) is 0.996. The van der Waals surface area contributed by atoms with E-state index in [-0.39, 0.29) is 31.6 Å². The summed E-state index contributed by atoms with van der Waals surface area (Å²) in [5.41, 5.74) is 0. The molecule has 2 atom stereocenters. The third-order valence-electron chi connectivity index (χ3n) is 5.37.